The zero-order valence-electron chi connectivity index (χ0n) is 28.5. The number of hydrogen-bond donors (Lipinski definition) is 3. The molecule has 1 unspecified atom stereocenters. The van der Waals surface area contributed by atoms with Crippen molar-refractivity contribution < 1.29 is 19.1 Å². The van der Waals surface area contributed by atoms with Crippen molar-refractivity contribution in [2.75, 3.05) is 10.6 Å². The Labute approximate surface area is 307 Å². The fourth-order valence-corrected chi connectivity index (χ4v) is 6.32. The molecule has 0 bridgehead atoms. The molecule has 0 aliphatic rings. The molecule has 0 heterocycles. The van der Waals surface area contributed by atoms with Crippen molar-refractivity contribution in [3.63, 3.8) is 0 Å². The molecule has 0 aromatic heterocycles. The number of ether oxygens (including phenoxy) is 1. The Hall–Kier alpha value is -6.38. The SMILES string of the molecule is Cc1ccc(NC(=O)C(Sc2cccc(NC(=O)/C(=C/c3ccc(OCc4ccccc4)cc3)NC(=O)c3ccccc3)c2)c2ccccc2)cc1. The van der Waals surface area contributed by atoms with Crippen molar-refractivity contribution >= 4 is 46.9 Å². The minimum atomic E-state index is -0.561. The Bertz CT molecular complexity index is 2140. The Balaban J connectivity index is 1.20. The summed E-state index contributed by atoms with van der Waals surface area (Å²) in [4.78, 5) is 41.4. The van der Waals surface area contributed by atoms with E-state index in [1.165, 1.54) is 11.8 Å². The van der Waals surface area contributed by atoms with E-state index in [-0.39, 0.29) is 11.6 Å². The van der Waals surface area contributed by atoms with Crippen LogP contribution in [-0.2, 0) is 16.2 Å². The molecule has 0 saturated heterocycles. The van der Waals surface area contributed by atoms with Gasteiger partial charge in [0, 0.05) is 21.8 Å². The lowest BCUT2D eigenvalue weighted by Crippen LogP contribution is -2.30. The predicted molar refractivity (Wildman–Crippen MR) is 209 cm³/mol. The first-order valence-corrected chi connectivity index (χ1v) is 17.6. The van der Waals surface area contributed by atoms with Gasteiger partial charge in [-0.1, -0.05) is 115 Å². The fraction of sp³-hybridized carbons (Fsp3) is 0.0682. The highest BCUT2D eigenvalue weighted by molar-refractivity contribution is 8.00. The number of carbonyl (C=O) groups is 3. The van der Waals surface area contributed by atoms with Gasteiger partial charge >= 0.3 is 0 Å². The number of anilines is 2. The van der Waals surface area contributed by atoms with Crippen LogP contribution in [0.25, 0.3) is 6.08 Å². The zero-order chi connectivity index (χ0) is 36.1. The number of thioether (sulfide) groups is 1. The normalized spacial score (nSPS) is 11.6. The van der Waals surface area contributed by atoms with E-state index in [9.17, 15) is 14.4 Å². The van der Waals surface area contributed by atoms with Crippen LogP contribution in [0.2, 0.25) is 0 Å². The van der Waals surface area contributed by atoms with E-state index in [2.05, 4.69) is 16.0 Å². The first-order chi connectivity index (χ1) is 25.4. The molecule has 52 heavy (non-hydrogen) atoms. The van der Waals surface area contributed by atoms with Crippen molar-refractivity contribution in [1.82, 2.24) is 5.32 Å². The van der Waals surface area contributed by atoms with Crippen molar-refractivity contribution in [2.24, 2.45) is 0 Å². The van der Waals surface area contributed by atoms with E-state index < -0.39 is 17.1 Å². The quantitative estimate of drug-likeness (QED) is 0.0823. The summed E-state index contributed by atoms with van der Waals surface area (Å²) in [5.74, 6) is -0.414. The fourth-order valence-electron chi connectivity index (χ4n) is 5.24. The second-order valence-electron chi connectivity index (χ2n) is 12.0. The minimum absolute atomic E-state index is 0.0597. The molecule has 0 fully saturated rings. The van der Waals surface area contributed by atoms with Crippen LogP contribution < -0.4 is 20.7 Å². The van der Waals surface area contributed by atoms with E-state index in [4.69, 9.17) is 4.74 Å². The van der Waals surface area contributed by atoms with E-state index in [1.807, 2.05) is 140 Å². The second-order valence-corrected chi connectivity index (χ2v) is 13.1. The van der Waals surface area contributed by atoms with Crippen LogP contribution in [0, 0.1) is 6.92 Å². The molecular weight excluding hydrogens is 667 g/mol. The first-order valence-electron chi connectivity index (χ1n) is 16.7. The summed E-state index contributed by atoms with van der Waals surface area (Å²) in [5.41, 5.74) is 5.39. The lowest BCUT2D eigenvalue weighted by Gasteiger charge is -2.18. The van der Waals surface area contributed by atoms with Crippen LogP contribution in [-0.4, -0.2) is 17.7 Å². The molecule has 0 aliphatic carbocycles. The topological polar surface area (TPSA) is 96.5 Å². The Kier molecular flexibility index (Phi) is 11.9. The average Bonchev–Trinajstić information content (AvgIpc) is 3.18. The third kappa shape index (κ3) is 10.1. The van der Waals surface area contributed by atoms with Crippen LogP contribution in [0.4, 0.5) is 11.4 Å². The average molecular weight is 704 g/mol. The van der Waals surface area contributed by atoms with Crippen molar-refractivity contribution in [1.29, 1.82) is 0 Å². The summed E-state index contributed by atoms with van der Waals surface area (Å²) in [6.07, 6.45) is 1.62. The number of benzene rings is 6. The standard InChI is InChI=1S/C44H37N3O4S/c1-31-20-24-36(25-21-31)45-44(50)41(34-14-7-3-8-15-34)52-39-19-11-18-37(29-39)46-43(49)40(47-42(48)35-16-9-4-10-17-35)28-32-22-26-38(27-23-32)51-30-33-12-5-2-6-13-33/h2-29,41H,30H2,1H3,(H,45,50)(H,46,49)(H,47,48)/b40-28-. The maximum absolute atomic E-state index is 13.8. The predicted octanol–water partition coefficient (Wildman–Crippen LogP) is 9.46. The first kappa shape index (κ1) is 35.4. The molecule has 1 atom stereocenters. The minimum Gasteiger partial charge on any atom is -0.489 e. The van der Waals surface area contributed by atoms with E-state index in [0.717, 1.165) is 21.6 Å². The number of amides is 3. The monoisotopic (exact) mass is 703 g/mol. The Morgan fingerprint density at radius 3 is 2.02 bits per heavy atom. The number of aryl methyl sites for hydroxylation is 1. The highest BCUT2D eigenvalue weighted by atomic mass is 32.2. The maximum atomic E-state index is 13.8. The molecule has 6 aromatic carbocycles. The maximum Gasteiger partial charge on any atom is 0.272 e. The third-order valence-electron chi connectivity index (χ3n) is 7.97. The summed E-state index contributed by atoms with van der Waals surface area (Å²) in [7, 11) is 0. The van der Waals surface area contributed by atoms with Gasteiger partial charge in [-0.3, -0.25) is 14.4 Å². The molecule has 3 N–H and O–H groups in total. The van der Waals surface area contributed by atoms with Gasteiger partial charge in [-0.15, -0.1) is 11.8 Å². The largest absolute Gasteiger partial charge is 0.489 e. The van der Waals surface area contributed by atoms with Gasteiger partial charge in [0.25, 0.3) is 11.8 Å². The molecular formula is C44H37N3O4S. The van der Waals surface area contributed by atoms with Gasteiger partial charge in [0.1, 0.15) is 23.3 Å². The van der Waals surface area contributed by atoms with Gasteiger partial charge in [-0.05, 0) is 84.3 Å². The zero-order valence-corrected chi connectivity index (χ0v) is 29.3. The lowest BCUT2D eigenvalue weighted by molar-refractivity contribution is -0.116. The van der Waals surface area contributed by atoms with Gasteiger partial charge in [-0.25, -0.2) is 0 Å². The smallest absolute Gasteiger partial charge is 0.272 e. The molecule has 6 aromatic rings. The Morgan fingerprint density at radius 2 is 1.33 bits per heavy atom. The molecule has 0 saturated carbocycles. The van der Waals surface area contributed by atoms with Gasteiger partial charge in [0.2, 0.25) is 5.91 Å². The van der Waals surface area contributed by atoms with Crippen LogP contribution in [0.1, 0.15) is 37.9 Å². The van der Waals surface area contributed by atoms with Crippen molar-refractivity contribution in [3.8, 4) is 5.75 Å². The van der Waals surface area contributed by atoms with Gasteiger partial charge in [0.05, 0.1) is 0 Å². The van der Waals surface area contributed by atoms with E-state index in [1.54, 1.807) is 36.4 Å². The summed E-state index contributed by atoms with van der Waals surface area (Å²) in [6, 6.07) is 50.4. The second kappa shape index (κ2) is 17.5. The van der Waals surface area contributed by atoms with Crippen LogP contribution in [0.5, 0.6) is 5.75 Å². The summed E-state index contributed by atoms with van der Waals surface area (Å²) in [6.45, 7) is 2.42. The summed E-state index contributed by atoms with van der Waals surface area (Å²) < 4.78 is 5.92. The Morgan fingerprint density at radius 1 is 0.673 bits per heavy atom. The molecule has 0 spiro atoms. The molecule has 0 aliphatic heterocycles. The van der Waals surface area contributed by atoms with Crippen LogP contribution in [0.3, 0.4) is 0 Å². The highest BCUT2D eigenvalue weighted by Gasteiger charge is 2.23. The summed E-state index contributed by atoms with van der Waals surface area (Å²) >= 11 is 1.38. The molecule has 8 heteroatoms. The van der Waals surface area contributed by atoms with Gasteiger partial charge < -0.3 is 20.7 Å². The van der Waals surface area contributed by atoms with Crippen molar-refractivity contribution in [3.05, 3.63) is 197 Å². The van der Waals surface area contributed by atoms with Gasteiger partial charge in [-0.2, -0.15) is 0 Å². The van der Waals surface area contributed by atoms with Crippen molar-refractivity contribution in [2.45, 2.75) is 23.7 Å². The van der Waals surface area contributed by atoms with Gasteiger partial charge in [0.15, 0.2) is 0 Å². The molecule has 6 rings (SSSR count). The third-order valence-corrected chi connectivity index (χ3v) is 9.22. The number of hydrogen-bond acceptors (Lipinski definition) is 5. The van der Waals surface area contributed by atoms with E-state index >= 15 is 0 Å². The summed E-state index contributed by atoms with van der Waals surface area (Å²) in [5, 5.41) is 8.21. The molecule has 258 valence electrons. The number of carbonyl (C=O) groups excluding carboxylic acids is 3. The van der Waals surface area contributed by atoms with E-state index in [0.29, 0.717) is 34.9 Å². The molecule has 3 amide bonds. The van der Waals surface area contributed by atoms with Crippen LogP contribution in [0.15, 0.2) is 174 Å². The lowest BCUT2D eigenvalue weighted by atomic mass is 10.1. The molecule has 0 radical (unpaired) electrons. The van der Waals surface area contributed by atoms with Crippen LogP contribution >= 0.6 is 11.8 Å². The highest BCUT2D eigenvalue weighted by Crippen LogP contribution is 2.37. The number of rotatable bonds is 13. The number of nitrogens with one attached hydrogen (secondary N) is 3. The molecule has 7 nitrogen and oxygen atoms in total.